The minimum atomic E-state index is -0.357. The maximum Gasteiger partial charge on any atom is 0.201 e. The summed E-state index contributed by atoms with van der Waals surface area (Å²) in [6.45, 7) is 2.57. The highest BCUT2D eigenvalue weighted by Gasteiger charge is 2.13. The Bertz CT molecular complexity index is 764. The van der Waals surface area contributed by atoms with Crippen LogP contribution in [-0.4, -0.2) is 14.5 Å². The zero-order chi connectivity index (χ0) is 14.1. The predicted octanol–water partition coefficient (Wildman–Crippen LogP) is 2.76. The molecule has 0 aliphatic heterocycles. The molecule has 20 heavy (non-hydrogen) atoms. The molecule has 2 N–H and O–H groups in total. The number of nitrogens with zero attached hydrogens (tertiary/aromatic N) is 3. The number of fused-ring (bicyclic) bond motifs is 1. The van der Waals surface area contributed by atoms with Gasteiger partial charge >= 0.3 is 0 Å². The van der Waals surface area contributed by atoms with Crippen LogP contribution >= 0.6 is 0 Å². The second-order valence-electron chi connectivity index (χ2n) is 4.63. The van der Waals surface area contributed by atoms with Gasteiger partial charge in [-0.3, -0.25) is 4.98 Å². The van der Waals surface area contributed by atoms with Crippen LogP contribution in [0.1, 0.15) is 18.2 Å². The Balaban J connectivity index is 2.11. The van der Waals surface area contributed by atoms with Crippen molar-refractivity contribution in [3.05, 3.63) is 53.6 Å². The van der Waals surface area contributed by atoms with Gasteiger partial charge in [0.05, 0.1) is 17.8 Å². The normalized spacial score (nSPS) is 11.1. The van der Waals surface area contributed by atoms with Crippen molar-refractivity contribution in [3.63, 3.8) is 0 Å². The molecule has 2 aromatic heterocycles. The van der Waals surface area contributed by atoms with E-state index in [0.29, 0.717) is 23.5 Å². The Labute approximate surface area is 116 Å². The van der Waals surface area contributed by atoms with Crippen LogP contribution in [-0.2, 0) is 13.0 Å². The van der Waals surface area contributed by atoms with E-state index in [4.69, 9.17) is 5.73 Å². The fourth-order valence-electron chi connectivity index (χ4n) is 2.38. The maximum absolute atomic E-state index is 13.7. The number of rotatable bonds is 3. The van der Waals surface area contributed by atoms with Crippen molar-refractivity contribution >= 4 is 17.0 Å². The molecule has 0 fully saturated rings. The van der Waals surface area contributed by atoms with Crippen molar-refractivity contribution in [2.24, 2.45) is 0 Å². The molecule has 2 heterocycles. The average molecular weight is 270 g/mol. The van der Waals surface area contributed by atoms with Gasteiger partial charge in [0.1, 0.15) is 5.52 Å². The van der Waals surface area contributed by atoms with Gasteiger partial charge < -0.3 is 10.3 Å². The van der Waals surface area contributed by atoms with Crippen LogP contribution in [0.3, 0.4) is 0 Å². The lowest BCUT2D eigenvalue weighted by Gasteiger charge is -2.09. The second-order valence-corrected chi connectivity index (χ2v) is 4.63. The second kappa shape index (κ2) is 4.92. The molecule has 0 aliphatic carbocycles. The first-order valence-corrected chi connectivity index (χ1v) is 6.53. The summed E-state index contributed by atoms with van der Waals surface area (Å²) in [6.07, 6.45) is 2.65. The van der Waals surface area contributed by atoms with E-state index in [0.717, 1.165) is 17.7 Å². The van der Waals surface area contributed by atoms with Gasteiger partial charge in [-0.15, -0.1) is 0 Å². The molecule has 0 radical (unpaired) electrons. The number of hydrogen-bond donors (Lipinski definition) is 1. The third-order valence-corrected chi connectivity index (χ3v) is 3.43. The first-order chi connectivity index (χ1) is 9.70. The molecule has 1 aromatic carbocycles. The Hall–Kier alpha value is -2.43. The molecule has 0 atom stereocenters. The fourth-order valence-corrected chi connectivity index (χ4v) is 2.38. The highest BCUT2D eigenvalue weighted by molar-refractivity contribution is 5.79. The van der Waals surface area contributed by atoms with E-state index in [-0.39, 0.29) is 5.82 Å². The molecule has 0 amide bonds. The first-order valence-electron chi connectivity index (χ1n) is 6.53. The summed E-state index contributed by atoms with van der Waals surface area (Å²) in [5.41, 5.74) is 9.01. The van der Waals surface area contributed by atoms with Crippen LogP contribution < -0.4 is 5.73 Å². The van der Waals surface area contributed by atoms with Gasteiger partial charge in [-0.25, -0.2) is 9.37 Å². The third kappa shape index (κ3) is 2.01. The van der Waals surface area contributed by atoms with Crippen molar-refractivity contribution in [2.45, 2.75) is 19.9 Å². The smallest absolute Gasteiger partial charge is 0.201 e. The molecule has 102 valence electrons. The zero-order valence-electron chi connectivity index (χ0n) is 11.2. The SMILES string of the molecule is CCc1cccnc1Cn1c(N)nc2c(F)cccc21. The van der Waals surface area contributed by atoms with Crippen molar-refractivity contribution < 1.29 is 4.39 Å². The van der Waals surface area contributed by atoms with E-state index >= 15 is 0 Å². The Morgan fingerprint density at radius 1 is 1.25 bits per heavy atom. The van der Waals surface area contributed by atoms with Gasteiger partial charge in [-0.05, 0) is 30.2 Å². The number of halogens is 1. The van der Waals surface area contributed by atoms with Gasteiger partial charge in [0.15, 0.2) is 5.82 Å². The van der Waals surface area contributed by atoms with Crippen molar-refractivity contribution in [1.29, 1.82) is 0 Å². The lowest BCUT2D eigenvalue weighted by atomic mass is 10.1. The lowest BCUT2D eigenvalue weighted by molar-refractivity contribution is 0.637. The largest absolute Gasteiger partial charge is 0.369 e. The quantitative estimate of drug-likeness (QED) is 0.796. The van der Waals surface area contributed by atoms with Gasteiger partial charge in [0.25, 0.3) is 0 Å². The third-order valence-electron chi connectivity index (χ3n) is 3.43. The van der Waals surface area contributed by atoms with Crippen molar-refractivity contribution in [3.8, 4) is 0 Å². The Morgan fingerprint density at radius 2 is 2.10 bits per heavy atom. The lowest BCUT2D eigenvalue weighted by Crippen LogP contribution is -2.08. The number of benzene rings is 1. The van der Waals surface area contributed by atoms with Gasteiger partial charge in [-0.2, -0.15) is 0 Å². The van der Waals surface area contributed by atoms with Crippen LogP contribution in [0.5, 0.6) is 0 Å². The van der Waals surface area contributed by atoms with Crippen LogP contribution in [0, 0.1) is 5.82 Å². The first kappa shape index (κ1) is 12.6. The molecular formula is C15H15FN4. The average Bonchev–Trinajstić information content (AvgIpc) is 2.78. The summed E-state index contributed by atoms with van der Waals surface area (Å²) in [4.78, 5) is 8.50. The molecule has 3 rings (SSSR count). The number of para-hydroxylation sites is 1. The van der Waals surface area contributed by atoms with Crippen LogP contribution in [0.15, 0.2) is 36.5 Å². The van der Waals surface area contributed by atoms with E-state index in [9.17, 15) is 4.39 Å². The molecule has 0 bridgehead atoms. The summed E-state index contributed by atoms with van der Waals surface area (Å²) in [5, 5.41) is 0. The molecule has 0 spiro atoms. The molecule has 0 saturated heterocycles. The molecule has 0 saturated carbocycles. The monoisotopic (exact) mass is 270 g/mol. The van der Waals surface area contributed by atoms with Crippen LogP contribution in [0.25, 0.3) is 11.0 Å². The van der Waals surface area contributed by atoms with Crippen LogP contribution in [0.4, 0.5) is 10.3 Å². The number of nitrogens with two attached hydrogens (primary N) is 1. The molecule has 5 heteroatoms. The minimum Gasteiger partial charge on any atom is -0.369 e. The van der Waals surface area contributed by atoms with Crippen molar-refractivity contribution in [2.75, 3.05) is 5.73 Å². The number of nitrogen functional groups attached to an aromatic ring is 1. The molecule has 3 aromatic rings. The van der Waals surface area contributed by atoms with E-state index < -0.39 is 0 Å². The molecule has 0 aliphatic rings. The van der Waals surface area contributed by atoms with Gasteiger partial charge in [0.2, 0.25) is 5.95 Å². The van der Waals surface area contributed by atoms with Crippen LogP contribution in [0.2, 0.25) is 0 Å². The summed E-state index contributed by atoms with van der Waals surface area (Å²) in [6, 6.07) is 8.82. The maximum atomic E-state index is 13.7. The number of aromatic nitrogens is 3. The standard InChI is InChI=1S/C15H15FN4/c1-2-10-5-4-8-18-12(10)9-20-13-7-3-6-11(16)14(13)19-15(20)17/h3-8H,2,9H2,1H3,(H2,17,19). The number of imidazole rings is 1. The number of pyridine rings is 1. The fraction of sp³-hybridized carbons (Fsp3) is 0.200. The number of anilines is 1. The summed E-state index contributed by atoms with van der Waals surface area (Å²) >= 11 is 0. The summed E-state index contributed by atoms with van der Waals surface area (Å²) in [7, 11) is 0. The Kier molecular flexibility index (Phi) is 3.10. The number of aryl methyl sites for hydroxylation is 1. The summed E-state index contributed by atoms with van der Waals surface area (Å²) in [5.74, 6) is -0.0532. The Morgan fingerprint density at radius 3 is 2.90 bits per heavy atom. The molecular weight excluding hydrogens is 255 g/mol. The van der Waals surface area contributed by atoms with Gasteiger partial charge in [-0.1, -0.05) is 19.1 Å². The highest BCUT2D eigenvalue weighted by atomic mass is 19.1. The van der Waals surface area contributed by atoms with Gasteiger partial charge in [0, 0.05) is 6.20 Å². The van der Waals surface area contributed by atoms with E-state index in [1.165, 1.54) is 6.07 Å². The minimum absolute atomic E-state index is 0.304. The van der Waals surface area contributed by atoms with E-state index in [1.54, 1.807) is 16.8 Å². The topological polar surface area (TPSA) is 56.7 Å². The van der Waals surface area contributed by atoms with E-state index in [2.05, 4.69) is 16.9 Å². The molecule has 0 unspecified atom stereocenters. The van der Waals surface area contributed by atoms with Crippen molar-refractivity contribution in [1.82, 2.24) is 14.5 Å². The molecule has 4 nitrogen and oxygen atoms in total. The number of hydrogen-bond acceptors (Lipinski definition) is 3. The highest BCUT2D eigenvalue weighted by Crippen LogP contribution is 2.22. The predicted molar refractivity (Wildman–Crippen MR) is 76.8 cm³/mol. The zero-order valence-corrected chi connectivity index (χ0v) is 11.2. The van der Waals surface area contributed by atoms with E-state index in [1.807, 2.05) is 18.2 Å². The summed E-state index contributed by atoms with van der Waals surface area (Å²) < 4.78 is 15.5.